The summed E-state index contributed by atoms with van der Waals surface area (Å²) in [5.74, 6) is 0.961. The average molecular weight is 2110 g/mol. The van der Waals surface area contributed by atoms with Gasteiger partial charge in [0.15, 0.2) is 42.6 Å². The first-order valence-corrected chi connectivity index (χ1v) is 47.1. The van der Waals surface area contributed by atoms with Gasteiger partial charge in [-0.1, -0.05) is 54.6 Å². The average Bonchev–Trinajstić information content (AvgIpc) is 1.66. The number of likely N-dealkylation sites (tertiary alicyclic amines) is 2. The number of hydrogen-bond acceptors (Lipinski definition) is 39. The molecule has 12 N–H and O–H groups in total. The molecular weight excluding hydrogens is 1970 g/mol. The number of ketones is 3. The summed E-state index contributed by atoms with van der Waals surface area (Å²) in [5, 5.41) is 61.5. The molecule has 149 heavy (non-hydrogen) atoms. The number of ether oxygens (including phenoxy) is 13. The van der Waals surface area contributed by atoms with Crippen LogP contribution in [0, 0.1) is 5.92 Å². The van der Waals surface area contributed by atoms with E-state index in [1.165, 1.54) is 12.0 Å². The number of methoxy groups -OCH3 is 1. The van der Waals surface area contributed by atoms with Crippen LogP contribution in [0.4, 0.5) is 14.4 Å². The van der Waals surface area contributed by atoms with Gasteiger partial charge >= 0.3 is 95.6 Å². The number of benzene rings is 3. The molecule has 6 aliphatic rings. The van der Waals surface area contributed by atoms with Gasteiger partial charge in [-0.25, -0.2) is 52.7 Å². The second-order valence-corrected chi connectivity index (χ2v) is 33.9. The number of carboxylic acids is 2. The summed E-state index contributed by atoms with van der Waals surface area (Å²) in [6, 6.07) is 27.2. The molecule has 51 heteroatoms. The minimum absolute atomic E-state index is 0. The Kier molecular flexibility index (Phi) is 62.8. The Hall–Kier alpha value is -14.3. The molecule has 7 aromatic rings. The van der Waals surface area contributed by atoms with Crippen LogP contribution in [-0.2, 0) is 147 Å². The molecule has 3 aromatic carbocycles. The van der Waals surface area contributed by atoms with E-state index in [4.69, 9.17) is 72.6 Å². The number of rotatable bonds is 21. The number of esters is 7. The minimum Gasteiger partial charge on any atom is -0.857 e. The van der Waals surface area contributed by atoms with E-state index < -0.39 is 82.4 Å². The number of piperidine rings is 2. The van der Waals surface area contributed by atoms with Crippen LogP contribution in [0.3, 0.4) is 0 Å². The van der Waals surface area contributed by atoms with Crippen LogP contribution in [-0.4, -0.2) is 332 Å². The third-order valence-corrected chi connectivity index (χ3v) is 19.6. The normalized spacial score (nSPS) is 13.6. The van der Waals surface area contributed by atoms with Gasteiger partial charge in [-0.15, -0.1) is 0 Å². The van der Waals surface area contributed by atoms with E-state index >= 15 is 0 Å². The number of aromatic amines is 4. The molecule has 0 saturated carbocycles. The summed E-state index contributed by atoms with van der Waals surface area (Å²) in [6.45, 7) is 33.6. The van der Waals surface area contributed by atoms with E-state index in [1.807, 2.05) is 84.0 Å². The van der Waals surface area contributed by atoms with Gasteiger partial charge in [-0.2, -0.15) is 27.5 Å². The van der Waals surface area contributed by atoms with Gasteiger partial charge in [0, 0.05) is 163 Å². The van der Waals surface area contributed by atoms with Gasteiger partial charge < -0.3 is 112 Å². The predicted octanol–water partition coefficient (Wildman–Crippen LogP) is 3.11. The number of aliphatic hydroxyl groups is 1. The standard InChI is InChI=1S/C17H19N3O4.C16H17N3O4.C14H21N3O4.C14H21NO6.C10H17NO3.C9H13N3O2.C8H8O3.C6H10O4.C2H4O2.CH4O.CH3O.H4N2.Na/c1-2-23-17(22)16-13-10-20(9-8-14(13)18-19-16)15(21)11-24-12-6-4-3-5-7-12;1-22-16(21)15-12-9-19(8-7-13(12)17-18-15)14(20)10-23-11-5-3-2-4-6-11;1-5-20-12(18)11-9-8-17(7-6-10(9)15-16-11)13(19)21-14(2,3)4;1-5-20-12(18)11(17)9-8-15(7-6-10(9)16)13(19)21-14(2,3)4;1-10(2,3)14-9(13)11-6-4-8(12)5-7-11;1-2-14-9(13)8-6-5-10-4-3-7(6)11-12-8;9-8(10)6-11-7-4-2-1-3-5-7;1-3-9-5(7)6(8)10-4-2;1-2(3)4;3*1-2;/h3-7H,2,8-11H2,1H3,(H,18,19);2-6H,7-10H2,1H3,(H,17,18);5-8H2,1-4H3,(H,15,16);9H,5-8H2,1-4H3;4-7H2,1-3H3;10H,2-5H2,1H3,(H,11,12);1-5H,6H2,(H,9,10);3-4H2,1-2H3;1H3,(H,3,4);2H,1H3;1H3;1-2H2;/q;;;;;;;;;;-1;;+1. The fraction of sp³-hybridized carbons (Fsp3) is 0.520. The molecule has 2 fully saturated rings. The minimum atomic E-state index is -1.16. The van der Waals surface area contributed by atoms with Gasteiger partial charge in [0.2, 0.25) is 0 Å². The van der Waals surface area contributed by atoms with Gasteiger partial charge in [0.05, 0.1) is 66.4 Å². The van der Waals surface area contributed by atoms with Crippen molar-refractivity contribution >= 4 is 101 Å². The number of aliphatic hydroxyl groups excluding tert-OH is 1. The summed E-state index contributed by atoms with van der Waals surface area (Å²) < 4.78 is 64.5. The van der Waals surface area contributed by atoms with Crippen molar-refractivity contribution in [3.8, 4) is 17.2 Å². The van der Waals surface area contributed by atoms with E-state index in [0.717, 1.165) is 73.6 Å². The van der Waals surface area contributed by atoms with Crippen molar-refractivity contribution in [2.24, 2.45) is 17.6 Å². The third kappa shape index (κ3) is 49.4. The zero-order valence-corrected chi connectivity index (χ0v) is 90.2. The zero-order valence-electron chi connectivity index (χ0n) is 88.2. The van der Waals surface area contributed by atoms with Crippen LogP contribution in [0.2, 0.25) is 0 Å². The molecule has 4 aromatic heterocycles. The number of nitrogens with one attached hydrogen (secondary N) is 5. The van der Waals surface area contributed by atoms with E-state index in [2.05, 4.69) is 72.0 Å². The molecule has 0 bridgehead atoms. The Bertz CT molecular complexity index is 5330. The summed E-state index contributed by atoms with van der Waals surface area (Å²) in [5.41, 5.74) is 6.29. The molecule has 818 valence electrons. The van der Waals surface area contributed by atoms with Crippen molar-refractivity contribution in [3.05, 3.63) is 159 Å². The summed E-state index contributed by atoms with van der Waals surface area (Å²) in [6.07, 6.45) is 2.39. The first kappa shape index (κ1) is 133. The van der Waals surface area contributed by atoms with E-state index in [0.29, 0.717) is 126 Å². The van der Waals surface area contributed by atoms with E-state index in [1.54, 1.807) is 130 Å². The van der Waals surface area contributed by atoms with Crippen LogP contribution >= 0.6 is 0 Å². The number of carboxylic acid groups (broad SMARTS) is 2. The van der Waals surface area contributed by atoms with Crippen molar-refractivity contribution < 1.29 is 193 Å². The Morgan fingerprint density at radius 3 is 1.04 bits per heavy atom. The first-order valence-electron chi connectivity index (χ1n) is 47.1. The quantitative estimate of drug-likeness (QED) is 0.00939. The molecule has 0 spiro atoms. The monoisotopic (exact) mass is 2110 g/mol. The topological polar surface area (TPSA) is 689 Å². The van der Waals surface area contributed by atoms with E-state index in [-0.39, 0.29) is 161 Å². The van der Waals surface area contributed by atoms with Crippen molar-refractivity contribution in [1.82, 2.24) is 70.6 Å². The van der Waals surface area contributed by atoms with Crippen LogP contribution in [0.15, 0.2) is 91.0 Å². The smallest absolute Gasteiger partial charge is 0.857 e. The van der Waals surface area contributed by atoms with Crippen LogP contribution in [0.25, 0.3) is 0 Å². The summed E-state index contributed by atoms with van der Waals surface area (Å²) >= 11 is 0. The zero-order chi connectivity index (χ0) is 111. The molecule has 6 aliphatic heterocycles. The maximum Gasteiger partial charge on any atom is 1.00 e. The number of fused-ring (bicyclic) bond motifs is 4. The second-order valence-electron chi connectivity index (χ2n) is 33.9. The SMILES string of the molecule is CC(=O)O.CC(C)(C)OC(=O)N1CCC(=O)CC1.CCOC(=O)C(=O)C1CN(C(=O)OC(C)(C)C)CCC1=O.CCOC(=O)C(=O)OCC.CCOC(=O)c1n[nH]c2c1CN(C(=O)COc1ccccc1)CC2.CCOC(=O)c1n[nH]c2c1CN(C(=O)OC(C)(C)C)CC2.CCOC(=O)c1n[nH]c2c1CNCC2.CO.COC(=O)c1n[nH]c2c1CN(C(=O)COc1ccccc1)CC2.C[O-].NN.O=C(O)COc1ccccc1.[Na+]. The van der Waals surface area contributed by atoms with Gasteiger partial charge in [-0.3, -0.25) is 60.8 Å². The third-order valence-electron chi connectivity index (χ3n) is 19.6. The Balaban J connectivity index is 0.000000851. The number of carbonyl (C=O) groups is 17. The van der Waals surface area contributed by atoms with Crippen molar-refractivity contribution in [2.75, 3.05) is 133 Å². The number of H-pyrrole nitrogens is 4. The van der Waals surface area contributed by atoms with Crippen molar-refractivity contribution in [1.29, 1.82) is 0 Å². The Labute approximate surface area is 885 Å². The maximum atomic E-state index is 12.4. The van der Waals surface area contributed by atoms with Crippen molar-refractivity contribution in [3.63, 3.8) is 0 Å². The molecule has 50 nitrogen and oxygen atoms in total. The van der Waals surface area contributed by atoms with Crippen LogP contribution in [0.1, 0.15) is 217 Å². The number of para-hydroxylation sites is 3. The van der Waals surface area contributed by atoms with Crippen LogP contribution < -0.4 is 65.9 Å². The Morgan fingerprint density at radius 1 is 0.403 bits per heavy atom. The number of nitrogens with two attached hydrogens (primary N) is 2. The molecular formula is C98H141N16NaO34. The number of hydrogen-bond donors (Lipinski definition) is 10. The molecule has 1 unspecified atom stereocenters. The molecule has 0 radical (unpaired) electrons. The van der Waals surface area contributed by atoms with E-state index in [9.17, 15) is 76.7 Å². The molecule has 2 saturated heterocycles. The number of aliphatic carboxylic acids is 2. The van der Waals surface area contributed by atoms with Crippen molar-refractivity contribution in [2.45, 2.75) is 199 Å². The largest absolute Gasteiger partial charge is 1.00 e. The molecule has 1 atom stereocenters. The maximum absolute atomic E-state index is 12.4. The second kappa shape index (κ2) is 70.5. The number of carbonyl (C=O) groups excluding carboxylic acids is 15. The first-order chi connectivity index (χ1) is 70.3. The van der Waals surface area contributed by atoms with Gasteiger partial charge in [0.25, 0.3) is 23.6 Å². The molecule has 5 amide bonds. The number of Topliss-reactive ketones (excluding diaryl/α,β-unsaturated/α-hetero) is 3. The number of amides is 5. The fourth-order valence-corrected chi connectivity index (χ4v) is 13.1. The summed E-state index contributed by atoms with van der Waals surface area (Å²) in [4.78, 5) is 201. The fourth-order valence-electron chi connectivity index (χ4n) is 13.1. The predicted molar refractivity (Wildman–Crippen MR) is 525 cm³/mol. The van der Waals surface area contributed by atoms with Crippen LogP contribution in [0.5, 0.6) is 17.2 Å². The number of aromatic nitrogens is 8. The number of nitrogens with zero attached hydrogens (tertiary/aromatic N) is 9. The number of hydrazine groups is 1. The Morgan fingerprint density at radius 2 is 0.698 bits per heavy atom. The summed E-state index contributed by atoms with van der Waals surface area (Å²) in [7, 11) is 3.06. The molecule has 13 rings (SSSR count). The van der Waals surface area contributed by atoms with Gasteiger partial charge in [0.1, 0.15) is 51.5 Å². The van der Waals surface area contributed by atoms with Gasteiger partial charge in [-0.05, 0) is 140 Å². The molecule has 10 heterocycles. The molecule has 0 aliphatic carbocycles.